The second-order valence-corrected chi connectivity index (χ2v) is 5.24. The summed E-state index contributed by atoms with van der Waals surface area (Å²) >= 11 is -0.567. The van der Waals surface area contributed by atoms with E-state index in [2.05, 4.69) is 9.47 Å². The second-order valence-electron chi connectivity index (χ2n) is 4.13. The van der Waals surface area contributed by atoms with Gasteiger partial charge in [0.05, 0.1) is 6.61 Å². The zero-order valence-corrected chi connectivity index (χ0v) is 12.6. The van der Waals surface area contributed by atoms with Gasteiger partial charge in [-0.2, -0.15) is 13.2 Å². The highest BCUT2D eigenvalue weighted by atomic mass is 32.2. The number of hydrogen-bond donors (Lipinski definition) is 0. The van der Waals surface area contributed by atoms with E-state index in [0.717, 1.165) is 18.2 Å². The van der Waals surface area contributed by atoms with Gasteiger partial charge in [-0.25, -0.2) is 0 Å². The Labute approximate surface area is 131 Å². The van der Waals surface area contributed by atoms with E-state index in [0.29, 0.717) is 0 Å². The van der Waals surface area contributed by atoms with Crippen molar-refractivity contribution >= 4 is 17.7 Å². The second kappa shape index (κ2) is 7.80. The number of esters is 1. The summed E-state index contributed by atoms with van der Waals surface area (Å²) in [5, 5.41) is 0. The quantitative estimate of drug-likeness (QED) is 0.418. The zero-order valence-electron chi connectivity index (χ0n) is 11.8. The third-order valence-electron chi connectivity index (χ3n) is 2.43. The monoisotopic (exact) mass is 362 g/mol. The van der Waals surface area contributed by atoms with Crippen molar-refractivity contribution < 1.29 is 40.6 Å². The molecule has 130 valence electrons. The molecule has 0 bridgehead atoms. The summed E-state index contributed by atoms with van der Waals surface area (Å²) in [6.45, 7) is 1.59. The number of ether oxygens (including phenoxy) is 2. The van der Waals surface area contributed by atoms with Gasteiger partial charge < -0.3 is 9.47 Å². The lowest BCUT2D eigenvalue weighted by Crippen LogP contribution is -2.19. The van der Waals surface area contributed by atoms with Gasteiger partial charge in [0.1, 0.15) is 5.75 Å². The molecule has 10 heteroatoms. The molecule has 0 radical (unpaired) electrons. The molecule has 0 N–H and O–H groups in total. The van der Waals surface area contributed by atoms with Crippen LogP contribution in [0.25, 0.3) is 0 Å². The largest absolute Gasteiger partial charge is 0.573 e. The summed E-state index contributed by atoms with van der Waals surface area (Å²) in [6.07, 6.45) is -5.79. The molecule has 1 aromatic rings. The number of carbonyl (C=O) groups excluding carboxylic acids is 1. The van der Waals surface area contributed by atoms with Crippen molar-refractivity contribution in [3.05, 3.63) is 23.8 Å². The molecule has 0 atom stereocenters. The summed E-state index contributed by atoms with van der Waals surface area (Å²) in [5.41, 5.74) is -5.03. The number of carbonyl (C=O) groups is 1. The summed E-state index contributed by atoms with van der Waals surface area (Å²) in [6, 6.07) is 2.93. The fourth-order valence-corrected chi connectivity index (χ4v) is 2.41. The third-order valence-corrected chi connectivity index (χ3v) is 3.26. The summed E-state index contributed by atoms with van der Waals surface area (Å²) in [4.78, 5) is 10.8. The maximum Gasteiger partial charge on any atom is 0.573 e. The van der Waals surface area contributed by atoms with Crippen molar-refractivity contribution in [3.8, 4) is 5.75 Å². The van der Waals surface area contributed by atoms with Gasteiger partial charge in [0.25, 0.3) is 0 Å². The molecule has 3 nitrogen and oxygen atoms in total. The first-order chi connectivity index (χ1) is 10.5. The van der Waals surface area contributed by atoms with Crippen LogP contribution in [0.2, 0.25) is 0 Å². The van der Waals surface area contributed by atoms with Crippen LogP contribution in [0.4, 0.5) is 26.3 Å². The molecule has 0 spiro atoms. The maximum atomic E-state index is 12.5. The van der Waals surface area contributed by atoms with Crippen LogP contribution in [0.1, 0.15) is 18.9 Å². The van der Waals surface area contributed by atoms with E-state index in [9.17, 15) is 31.1 Å². The zero-order chi connectivity index (χ0) is 17.7. The van der Waals surface area contributed by atoms with E-state index in [4.69, 9.17) is 0 Å². The Hall–Kier alpha value is -1.58. The molecule has 0 aliphatic rings. The predicted molar refractivity (Wildman–Crippen MR) is 70.0 cm³/mol. The summed E-state index contributed by atoms with van der Waals surface area (Å²) in [7, 11) is 0. The number of benzene rings is 1. The number of rotatable bonds is 6. The minimum atomic E-state index is -5.06. The lowest BCUT2D eigenvalue weighted by atomic mass is 10.1. The van der Waals surface area contributed by atoms with Crippen LogP contribution < -0.4 is 4.74 Å². The Morgan fingerprint density at radius 2 is 1.83 bits per heavy atom. The number of halogens is 6. The predicted octanol–water partition coefficient (Wildman–Crippen LogP) is 4.69. The third kappa shape index (κ3) is 7.49. The van der Waals surface area contributed by atoms with Crippen LogP contribution in [-0.4, -0.2) is 24.4 Å². The molecule has 23 heavy (non-hydrogen) atoms. The van der Waals surface area contributed by atoms with Crippen LogP contribution in [0.3, 0.4) is 0 Å². The topological polar surface area (TPSA) is 35.5 Å². The number of thioether (sulfide) groups is 1. The number of hydrogen-bond acceptors (Lipinski definition) is 4. The number of alkyl halides is 6. The standard InChI is InChI=1S/C13H12F6O3S/c1-2-21-11(20)7-6-8-9(22-12(14,15)16)4-3-5-10(8)23-13(17,18)19/h3-5H,2,6-7H2,1H3. The molecule has 0 unspecified atom stereocenters. The van der Waals surface area contributed by atoms with Gasteiger partial charge in [-0.15, -0.1) is 13.2 Å². The van der Waals surface area contributed by atoms with Crippen LogP contribution in [0, 0.1) is 0 Å². The van der Waals surface area contributed by atoms with Crippen molar-refractivity contribution in [2.24, 2.45) is 0 Å². The van der Waals surface area contributed by atoms with Crippen LogP contribution in [0.15, 0.2) is 23.1 Å². The first-order valence-corrected chi connectivity index (χ1v) is 7.12. The lowest BCUT2D eigenvalue weighted by Gasteiger charge is -2.17. The Kier molecular flexibility index (Phi) is 6.60. The van der Waals surface area contributed by atoms with E-state index in [1.165, 1.54) is 6.92 Å². The van der Waals surface area contributed by atoms with E-state index < -0.39 is 40.2 Å². The molecule has 0 aliphatic heterocycles. The van der Waals surface area contributed by atoms with Gasteiger partial charge in [0.2, 0.25) is 0 Å². The Morgan fingerprint density at radius 1 is 1.17 bits per heavy atom. The van der Waals surface area contributed by atoms with Crippen LogP contribution in [0.5, 0.6) is 5.75 Å². The maximum absolute atomic E-state index is 12.5. The highest BCUT2D eigenvalue weighted by Gasteiger charge is 2.35. The van der Waals surface area contributed by atoms with Crippen LogP contribution >= 0.6 is 11.8 Å². The Bertz CT molecular complexity index is 507. The smallest absolute Gasteiger partial charge is 0.466 e. The molecular weight excluding hydrogens is 350 g/mol. The molecule has 0 aromatic heterocycles. The van der Waals surface area contributed by atoms with E-state index >= 15 is 0 Å². The van der Waals surface area contributed by atoms with Crippen LogP contribution in [-0.2, 0) is 16.0 Å². The highest BCUT2D eigenvalue weighted by molar-refractivity contribution is 8.00. The summed E-state index contributed by atoms with van der Waals surface area (Å²) < 4.78 is 83.0. The van der Waals surface area contributed by atoms with Crippen molar-refractivity contribution in [1.82, 2.24) is 0 Å². The van der Waals surface area contributed by atoms with Crippen molar-refractivity contribution in [3.63, 3.8) is 0 Å². The van der Waals surface area contributed by atoms with Gasteiger partial charge >= 0.3 is 17.8 Å². The lowest BCUT2D eigenvalue weighted by molar-refractivity contribution is -0.275. The molecule has 1 aromatic carbocycles. The molecule has 0 heterocycles. The average Bonchev–Trinajstić information content (AvgIpc) is 2.34. The fraction of sp³-hybridized carbons (Fsp3) is 0.462. The molecule has 0 amide bonds. The molecule has 0 fully saturated rings. The SMILES string of the molecule is CCOC(=O)CCc1c(OC(F)(F)F)cccc1SC(F)(F)F. The minimum Gasteiger partial charge on any atom is -0.466 e. The fourth-order valence-electron chi connectivity index (χ4n) is 1.69. The van der Waals surface area contributed by atoms with E-state index in [-0.39, 0.29) is 25.0 Å². The van der Waals surface area contributed by atoms with Gasteiger partial charge in [0, 0.05) is 16.9 Å². The Morgan fingerprint density at radius 3 is 2.35 bits per heavy atom. The molecule has 0 saturated heterocycles. The van der Waals surface area contributed by atoms with Crippen molar-refractivity contribution in [1.29, 1.82) is 0 Å². The minimum absolute atomic E-state index is 0.0592. The van der Waals surface area contributed by atoms with Gasteiger partial charge in [-0.05, 0) is 37.2 Å². The van der Waals surface area contributed by atoms with E-state index in [1.54, 1.807) is 0 Å². The normalized spacial score (nSPS) is 12.1. The highest BCUT2D eigenvalue weighted by Crippen LogP contribution is 2.42. The van der Waals surface area contributed by atoms with E-state index in [1.807, 2.05) is 0 Å². The van der Waals surface area contributed by atoms with Gasteiger partial charge in [0.15, 0.2) is 0 Å². The molecule has 1 rings (SSSR count). The van der Waals surface area contributed by atoms with Gasteiger partial charge in [-0.3, -0.25) is 4.79 Å². The molecule has 0 aliphatic carbocycles. The molecular formula is C13H12F6O3S. The van der Waals surface area contributed by atoms with Gasteiger partial charge in [-0.1, -0.05) is 6.07 Å². The summed E-state index contributed by atoms with van der Waals surface area (Å²) in [5.74, 6) is -1.49. The van der Waals surface area contributed by atoms with Crippen molar-refractivity contribution in [2.45, 2.75) is 36.5 Å². The first-order valence-electron chi connectivity index (χ1n) is 6.31. The molecule has 0 saturated carbocycles. The van der Waals surface area contributed by atoms with Crippen molar-refractivity contribution in [2.75, 3.05) is 6.61 Å². The average molecular weight is 362 g/mol. The first kappa shape index (κ1) is 19.5. The Balaban J connectivity index is 3.09.